The summed E-state index contributed by atoms with van der Waals surface area (Å²) in [5.74, 6) is -0.0245. The normalized spacial score (nSPS) is 21.5. The third-order valence-corrected chi connectivity index (χ3v) is 4.23. The quantitative estimate of drug-likeness (QED) is 0.743. The van der Waals surface area contributed by atoms with Crippen LogP contribution in [0.15, 0.2) is 5.38 Å². The molecule has 1 aromatic heterocycles. The molecule has 0 radical (unpaired) electrons. The number of carbonyl (C=O) groups excluding carboxylic acids is 2. The lowest BCUT2D eigenvalue weighted by Crippen LogP contribution is -2.55. The monoisotopic (exact) mass is 252 g/mol. The molecule has 1 spiro atoms. The van der Waals surface area contributed by atoms with Crippen molar-refractivity contribution in [2.75, 3.05) is 23.8 Å². The summed E-state index contributed by atoms with van der Waals surface area (Å²) in [4.78, 5) is 23.7. The summed E-state index contributed by atoms with van der Waals surface area (Å²) in [7, 11) is 0. The number of amides is 1. The topological polar surface area (TPSA) is 67.4 Å². The maximum atomic E-state index is 12.1. The van der Waals surface area contributed by atoms with E-state index in [9.17, 15) is 9.59 Å². The number of hydrogen-bond acceptors (Lipinski definition) is 5. The molecule has 90 valence electrons. The zero-order valence-corrected chi connectivity index (χ0v) is 9.93. The Morgan fingerprint density at radius 2 is 2.18 bits per heavy atom. The van der Waals surface area contributed by atoms with Crippen LogP contribution in [-0.4, -0.2) is 30.9 Å². The van der Waals surface area contributed by atoms with Crippen LogP contribution in [0.1, 0.15) is 22.5 Å². The lowest BCUT2D eigenvalue weighted by atomic mass is 9.87. The Hall–Kier alpha value is -1.40. The fourth-order valence-corrected chi connectivity index (χ4v) is 3.05. The number of carbonyl (C=O) groups is 2. The lowest BCUT2D eigenvalue weighted by Gasteiger charge is -2.40. The van der Waals surface area contributed by atoms with E-state index in [1.54, 1.807) is 5.38 Å². The van der Waals surface area contributed by atoms with E-state index in [-0.39, 0.29) is 5.91 Å². The van der Waals surface area contributed by atoms with Crippen LogP contribution in [0.4, 0.5) is 11.4 Å². The van der Waals surface area contributed by atoms with Crippen LogP contribution >= 0.6 is 11.3 Å². The van der Waals surface area contributed by atoms with Crippen molar-refractivity contribution in [2.24, 2.45) is 0 Å². The Kier molecular flexibility index (Phi) is 2.41. The molecule has 2 aliphatic rings. The number of anilines is 2. The van der Waals surface area contributed by atoms with Gasteiger partial charge in [0.25, 0.3) is 0 Å². The SMILES string of the molecule is O=Cc1scc2c1NC1(CCOCC1)C(=O)N2. The molecule has 0 atom stereocenters. The van der Waals surface area contributed by atoms with Gasteiger partial charge >= 0.3 is 0 Å². The van der Waals surface area contributed by atoms with E-state index in [1.807, 2.05) is 0 Å². The highest BCUT2D eigenvalue weighted by Crippen LogP contribution is 2.40. The van der Waals surface area contributed by atoms with Gasteiger partial charge in [0, 0.05) is 31.4 Å². The first-order chi connectivity index (χ1) is 8.25. The van der Waals surface area contributed by atoms with Crippen LogP contribution in [0, 0.1) is 0 Å². The second-order valence-corrected chi connectivity index (χ2v) is 5.19. The van der Waals surface area contributed by atoms with Gasteiger partial charge in [0.2, 0.25) is 5.91 Å². The van der Waals surface area contributed by atoms with Crippen LogP contribution in [0.3, 0.4) is 0 Å². The average molecular weight is 252 g/mol. The second-order valence-electron chi connectivity index (χ2n) is 4.28. The van der Waals surface area contributed by atoms with Crippen molar-refractivity contribution >= 4 is 34.9 Å². The molecule has 3 rings (SSSR count). The summed E-state index contributed by atoms with van der Waals surface area (Å²) in [5, 5.41) is 7.91. The van der Waals surface area contributed by atoms with Crippen molar-refractivity contribution in [2.45, 2.75) is 18.4 Å². The van der Waals surface area contributed by atoms with Crippen molar-refractivity contribution in [3.8, 4) is 0 Å². The van der Waals surface area contributed by atoms with Gasteiger partial charge in [-0.05, 0) is 0 Å². The van der Waals surface area contributed by atoms with E-state index in [4.69, 9.17) is 4.74 Å². The third kappa shape index (κ3) is 1.56. The van der Waals surface area contributed by atoms with Crippen molar-refractivity contribution in [1.82, 2.24) is 0 Å². The zero-order chi connectivity index (χ0) is 11.9. The van der Waals surface area contributed by atoms with Gasteiger partial charge in [-0.3, -0.25) is 9.59 Å². The molecule has 1 saturated heterocycles. The molecule has 5 nitrogen and oxygen atoms in total. The fourth-order valence-electron chi connectivity index (χ4n) is 2.29. The Balaban J connectivity index is 2.00. The van der Waals surface area contributed by atoms with Gasteiger partial charge in [-0.25, -0.2) is 0 Å². The first-order valence-corrected chi connectivity index (χ1v) is 6.37. The molecular formula is C11H12N2O3S. The molecule has 6 heteroatoms. The summed E-state index contributed by atoms with van der Waals surface area (Å²) in [5.41, 5.74) is 0.857. The molecule has 0 aromatic carbocycles. The summed E-state index contributed by atoms with van der Waals surface area (Å²) in [6.07, 6.45) is 2.08. The number of ether oxygens (including phenoxy) is 1. The second kappa shape index (κ2) is 3.82. The van der Waals surface area contributed by atoms with Gasteiger partial charge in [0.1, 0.15) is 5.54 Å². The minimum atomic E-state index is -0.607. The van der Waals surface area contributed by atoms with Crippen LogP contribution < -0.4 is 10.6 Å². The minimum absolute atomic E-state index is 0.0245. The highest BCUT2D eigenvalue weighted by atomic mass is 32.1. The Morgan fingerprint density at radius 1 is 1.41 bits per heavy atom. The van der Waals surface area contributed by atoms with Gasteiger partial charge in [0.15, 0.2) is 6.29 Å². The number of hydrogen-bond donors (Lipinski definition) is 2. The predicted molar refractivity (Wildman–Crippen MR) is 64.7 cm³/mol. The van der Waals surface area contributed by atoms with Gasteiger partial charge < -0.3 is 15.4 Å². The summed E-state index contributed by atoms with van der Waals surface area (Å²) >= 11 is 1.34. The lowest BCUT2D eigenvalue weighted by molar-refractivity contribution is -0.123. The van der Waals surface area contributed by atoms with E-state index in [2.05, 4.69) is 10.6 Å². The summed E-state index contributed by atoms with van der Waals surface area (Å²) in [6, 6.07) is 0. The first-order valence-electron chi connectivity index (χ1n) is 5.49. The van der Waals surface area contributed by atoms with Gasteiger partial charge in [-0.15, -0.1) is 11.3 Å². The molecule has 0 unspecified atom stereocenters. The molecule has 2 aliphatic heterocycles. The number of rotatable bonds is 1. The summed E-state index contributed by atoms with van der Waals surface area (Å²) in [6.45, 7) is 1.13. The van der Waals surface area contributed by atoms with Crippen LogP contribution in [0.2, 0.25) is 0 Å². The molecule has 0 saturated carbocycles. The standard InChI is InChI=1S/C11H12N2O3S/c14-5-8-9-7(6-17-8)12-10(15)11(13-9)1-3-16-4-2-11/h5-6,13H,1-4H2,(H,12,15). The Morgan fingerprint density at radius 3 is 2.88 bits per heavy atom. The maximum Gasteiger partial charge on any atom is 0.250 e. The molecule has 1 amide bonds. The van der Waals surface area contributed by atoms with Crippen LogP contribution in [-0.2, 0) is 9.53 Å². The van der Waals surface area contributed by atoms with E-state index in [0.717, 1.165) is 12.0 Å². The number of aldehydes is 1. The van der Waals surface area contributed by atoms with Crippen LogP contribution in [0.5, 0.6) is 0 Å². The smallest absolute Gasteiger partial charge is 0.250 e. The number of fused-ring (bicyclic) bond motifs is 1. The van der Waals surface area contributed by atoms with Crippen molar-refractivity contribution < 1.29 is 14.3 Å². The van der Waals surface area contributed by atoms with Crippen molar-refractivity contribution in [1.29, 1.82) is 0 Å². The predicted octanol–water partition coefficient (Wildman–Crippen LogP) is 1.47. The Bertz CT molecular complexity index is 477. The van der Waals surface area contributed by atoms with E-state index < -0.39 is 5.54 Å². The van der Waals surface area contributed by atoms with Crippen molar-refractivity contribution in [3.05, 3.63) is 10.3 Å². The molecule has 3 heterocycles. The van der Waals surface area contributed by atoms with Crippen molar-refractivity contribution in [3.63, 3.8) is 0 Å². The molecule has 0 bridgehead atoms. The minimum Gasteiger partial charge on any atom is -0.381 e. The Labute approximate surface area is 102 Å². The first kappa shape index (κ1) is 10.7. The average Bonchev–Trinajstić information content (AvgIpc) is 2.73. The van der Waals surface area contributed by atoms with Crippen LogP contribution in [0.25, 0.3) is 0 Å². The van der Waals surface area contributed by atoms with E-state index in [0.29, 0.717) is 36.6 Å². The molecular weight excluding hydrogens is 240 g/mol. The largest absolute Gasteiger partial charge is 0.381 e. The van der Waals surface area contributed by atoms with Gasteiger partial charge in [-0.2, -0.15) is 0 Å². The highest BCUT2D eigenvalue weighted by molar-refractivity contribution is 7.13. The zero-order valence-electron chi connectivity index (χ0n) is 9.12. The summed E-state index contributed by atoms with van der Waals surface area (Å²) < 4.78 is 5.28. The molecule has 0 aliphatic carbocycles. The molecule has 1 aromatic rings. The third-order valence-electron chi connectivity index (χ3n) is 3.32. The van der Waals surface area contributed by atoms with E-state index >= 15 is 0 Å². The van der Waals surface area contributed by atoms with Gasteiger partial charge in [-0.1, -0.05) is 0 Å². The molecule has 1 fully saturated rings. The van der Waals surface area contributed by atoms with E-state index in [1.165, 1.54) is 11.3 Å². The molecule has 2 N–H and O–H groups in total. The highest BCUT2D eigenvalue weighted by Gasteiger charge is 2.44. The molecule has 17 heavy (non-hydrogen) atoms. The maximum absolute atomic E-state index is 12.1. The van der Waals surface area contributed by atoms with Gasteiger partial charge in [0.05, 0.1) is 16.3 Å². The number of nitrogens with one attached hydrogen (secondary N) is 2. The fraction of sp³-hybridized carbons (Fsp3) is 0.455. The number of thiophene rings is 1.